The van der Waals surface area contributed by atoms with E-state index in [0.717, 1.165) is 16.3 Å². The van der Waals surface area contributed by atoms with Crippen LogP contribution in [0, 0.1) is 0 Å². The third-order valence-electron chi connectivity index (χ3n) is 2.37. The Kier molecular flexibility index (Phi) is 4.16. The van der Waals surface area contributed by atoms with Crippen LogP contribution < -0.4 is 4.74 Å². The minimum atomic E-state index is -0.415. The van der Waals surface area contributed by atoms with Crippen LogP contribution in [-0.4, -0.2) is 24.2 Å². The van der Waals surface area contributed by atoms with Gasteiger partial charge in [0.15, 0.2) is 5.69 Å². The number of hydrogen-bond acceptors (Lipinski definition) is 5. The first-order valence-corrected chi connectivity index (χ1v) is 6.79. The van der Waals surface area contributed by atoms with E-state index in [1.165, 1.54) is 18.4 Å². The van der Waals surface area contributed by atoms with Gasteiger partial charge < -0.3 is 9.47 Å². The van der Waals surface area contributed by atoms with E-state index < -0.39 is 5.97 Å². The highest BCUT2D eigenvalue weighted by atomic mass is 32.1. The van der Waals surface area contributed by atoms with Gasteiger partial charge in [-0.15, -0.1) is 11.3 Å². The predicted octanol–water partition coefficient (Wildman–Crippen LogP) is 3.38. The lowest BCUT2D eigenvalue weighted by Gasteiger charge is -2.09. The second kappa shape index (κ2) is 5.84. The van der Waals surface area contributed by atoms with Gasteiger partial charge in [-0.05, 0) is 38.1 Å². The Morgan fingerprint density at radius 3 is 2.53 bits per heavy atom. The number of esters is 1. The molecular formula is C14H15NO3S. The van der Waals surface area contributed by atoms with E-state index >= 15 is 0 Å². The highest BCUT2D eigenvalue weighted by Gasteiger charge is 2.11. The molecule has 19 heavy (non-hydrogen) atoms. The first kappa shape index (κ1) is 13.5. The lowest BCUT2D eigenvalue weighted by molar-refractivity contribution is 0.0595. The van der Waals surface area contributed by atoms with Gasteiger partial charge in [0, 0.05) is 10.9 Å². The van der Waals surface area contributed by atoms with Gasteiger partial charge in [0.25, 0.3) is 0 Å². The SMILES string of the molecule is COC(=O)c1csc(-c2ccc(OC(C)C)cc2)n1. The van der Waals surface area contributed by atoms with E-state index in [1.807, 2.05) is 38.1 Å². The fourth-order valence-corrected chi connectivity index (χ4v) is 2.35. The van der Waals surface area contributed by atoms with Crippen molar-refractivity contribution in [2.45, 2.75) is 20.0 Å². The summed E-state index contributed by atoms with van der Waals surface area (Å²) < 4.78 is 10.2. The number of aromatic nitrogens is 1. The van der Waals surface area contributed by atoms with Crippen molar-refractivity contribution in [2.24, 2.45) is 0 Å². The summed E-state index contributed by atoms with van der Waals surface area (Å²) in [5.41, 5.74) is 1.29. The second-order valence-electron chi connectivity index (χ2n) is 4.22. The average molecular weight is 277 g/mol. The van der Waals surface area contributed by atoms with Crippen LogP contribution in [0.25, 0.3) is 10.6 Å². The minimum Gasteiger partial charge on any atom is -0.491 e. The average Bonchev–Trinajstić information content (AvgIpc) is 2.87. The van der Waals surface area contributed by atoms with Crippen molar-refractivity contribution in [2.75, 3.05) is 7.11 Å². The molecule has 0 spiro atoms. The monoisotopic (exact) mass is 277 g/mol. The number of thiazole rings is 1. The van der Waals surface area contributed by atoms with E-state index in [-0.39, 0.29) is 6.10 Å². The van der Waals surface area contributed by atoms with Crippen molar-refractivity contribution in [3.05, 3.63) is 35.3 Å². The molecule has 2 aromatic rings. The summed E-state index contributed by atoms with van der Waals surface area (Å²) in [6.45, 7) is 3.97. The predicted molar refractivity (Wildman–Crippen MR) is 74.7 cm³/mol. The number of carbonyl (C=O) groups excluding carboxylic acids is 1. The second-order valence-corrected chi connectivity index (χ2v) is 5.08. The summed E-state index contributed by atoms with van der Waals surface area (Å²) in [4.78, 5) is 15.6. The molecule has 0 aliphatic rings. The van der Waals surface area contributed by atoms with Crippen LogP contribution in [0.2, 0.25) is 0 Å². The molecule has 0 saturated heterocycles. The van der Waals surface area contributed by atoms with E-state index in [4.69, 9.17) is 4.74 Å². The van der Waals surface area contributed by atoms with Crippen LogP contribution in [0.5, 0.6) is 5.75 Å². The zero-order valence-electron chi connectivity index (χ0n) is 11.0. The van der Waals surface area contributed by atoms with Crippen LogP contribution >= 0.6 is 11.3 Å². The van der Waals surface area contributed by atoms with E-state index in [2.05, 4.69) is 9.72 Å². The smallest absolute Gasteiger partial charge is 0.357 e. The van der Waals surface area contributed by atoms with E-state index in [9.17, 15) is 4.79 Å². The number of methoxy groups -OCH3 is 1. The van der Waals surface area contributed by atoms with Gasteiger partial charge in [0.2, 0.25) is 0 Å². The fourth-order valence-electron chi connectivity index (χ4n) is 1.55. The summed E-state index contributed by atoms with van der Waals surface area (Å²) in [6, 6.07) is 7.65. The van der Waals surface area contributed by atoms with Gasteiger partial charge in [-0.2, -0.15) is 0 Å². The standard InChI is InChI=1S/C14H15NO3S/c1-9(2)18-11-6-4-10(5-7-11)13-15-12(8-19-13)14(16)17-3/h4-9H,1-3H3. The van der Waals surface area contributed by atoms with Gasteiger partial charge in [-0.25, -0.2) is 9.78 Å². The highest BCUT2D eigenvalue weighted by Crippen LogP contribution is 2.26. The lowest BCUT2D eigenvalue weighted by atomic mass is 10.2. The van der Waals surface area contributed by atoms with Gasteiger partial charge in [0.1, 0.15) is 10.8 Å². The van der Waals surface area contributed by atoms with Crippen LogP contribution in [0.4, 0.5) is 0 Å². The Hall–Kier alpha value is -1.88. The summed E-state index contributed by atoms with van der Waals surface area (Å²) in [5.74, 6) is 0.408. The van der Waals surface area contributed by atoms with Gasteiger partial charge in [-0.3, -0.25) is 0 Å². The largest absolute Gasteiger partial charge is 0.491 e. The molecule has 0 unspecified atom stereocenters. The van der Waals surface area contributed by atoms with Gasteiger partial charge in [0.05, 0.1) is 13.2 Å². The minimum absolute atomic E-state index is 0.150. The Balaban J connectivity index is 2.18. The molecule has 2 rings (SSSR count). The maximum absolute atomic E-state index is 11.3. The van der Waals surface area contributed by atoms with Crippen LogP contribution in [0.3, 0.4) is 0 Å². The molecule has 0 bridgehead atoms. The molecule has 0 radical (unpaired) electrons. The molecule has 0 N–H and O–H groups in total. The molecule has 0 amide bonds. The van der Waals surface area contributed by atoms with Crippen molar-refractivity contribution in [1.82, 2.24) is 4.98 Å². The summed E-state index contributed by atoms with van der Waals surface area (Å²) in [7, 11) is 1.35. The Morgan fingerprint density at radius 1 is 1.26 bits per heavy atom. The topological polar surface area (TPSA) is 48.4 Å². The molecular weight excluding hydrogens is 262 g/mol. The summed E-state index contributed by atoms with van der Waals surface area (Å²) in [5, 5.41) is 2.48. The van der Waals surface area contributed by atoms with Crippen LogP contribution in [0.1, 0.15) is 24.3 Å². The lowest BCUT2D eigenvalue weighted by Crippen LogP contribution is -2.05. The number of hydrogen-bond donors (Lipinski definition) is 0. The first-order valence-electron chi connectivity index (χ1n) is 5.91. The zero-order chi connectivity index (χ0) is 13.8. The number of nitrogens with zero attached hydrogens (tertiary/aromatic N) is 1. The Morgan fingerprint density at radius 2 is 1.95 bits per heavy atom. The molecule has 0 aliphatic carbocycles. The van der Waals surface area contributed by atoms with Crippen molar-refractivity contribution in [3.8, 4) is 16.3 Å². The van der Waals surface area contributed by atoms with Crippen molar-refractivity contribution in [1.29, 1.82) is 0 Å². The summed E-state index contributed by atoms with van der Waals surface area (Å²) in [6.07, 6.45) is 0.150. The molecule has 0 saturated carbocycles. The zero-order valence-corrected chi connectivity index (χ0v) is 11.9. The Bertz CT molecular complexity index is 560. The molecule has 5 heteroatoms. The van der Waals surface area contributed by atoms with E-state index in [0.29, 0.717) is 5.69 Å². The third kappa shape index (κ3) is 3.32. The van der Waals surface area contributed by atoms with Crippen LogP contribution in [0.15, 0.2) is 29.6 Å². The normalized spacial score (nSPS) is 10.5. The van der Waals surface area contributed by atoms with Crippen molar-refractivity contribution < 1.29 is 14.3 Å². The number of rotatable bonds is 4. The first-order chi connectivity index (χ1) is 9.10. The summed E-state index contributed by atoms with van der Waals surface area (Å²) >= 11 is 1.41. The maximum atomic E-state index is 11.3. The number of benzene rings is 1. The molecule has 0 fully saturated rings. The van der Waals surface area contributed by atoms with E-state index in [1.54, 1.807) is 5.38 Å². The molecule has 0 atom stereocenters. The molecule has 1 aromatic carbocycles. The molecule has 100 valence electrons. The Labute approximate surface area is 116 Å². The molecule has 1 aromatic heterocycles. The molecule has 0 aliphatic heterocycles. The maximum Gasteiger partial charge on any atom is 0.357 e. The highest BCUT2D eigenvalue weighted by molar-refractivity contribution is 7.13. The third-order valence-corrected chi connectivity index (χ3v) is 3.26. The van der Waals surface area contributed by atoms with Gasteiger partial charge in [-0.1, -0.05) is 0 Å². The van der Waals surface area contributed by atoms with Crippen LogP contribution in [-0.2, 0) is 4.74 Å². The van der Waals surface area contributed by atoms with Gasteiger partial charge >= 0.3 is 5.97 Å². The number of carbonyl (C=O) groups is 1. The van der Waals surface area contributed by atoms with Crippen molar-refractivity contribution >= 4 is 17.3 Å². The van der Waals surface area contributed by atoms with Crippen molar-refractivity contribution in [3.63, 3.8) is 0 Å². The molecule has 1 heterocycles. The fraction of sp³-hybridized carbons (Fsp3) is 0.286. The molecule has 4 nitrogen and oxygen atoms in total. The number of ether oxygens (including phenoxy) is 2. The quantitative estimate of drug-likeness (QED) is 0.804.